The summed E-state index contributed by atoms with van der Waals surface area (Å²) in [4.78, 5) is 10.8. The second-order valence-electron chi connectivity index (χ2n) is 7.39. The van der Waals surface area contributed by atoms with Crippen molar-refractivity contribution in [2.75, 3.05) is 19.0 Å². The normalized spacial score (nSPS) is 28.2. The number of nitrogens with zero attached hydrogens (tertiary/aromatic N) is 3. The predicted octanol–water partition coefficient (Wildman–Crippen LogP) is 3.21. The van der Waals surface area contributed by atoms with Crippen LogP contribution in [0.25, 0.3) is 0 Å². The smallest absolute Gasteiger partial charge is 0.224 e. The first-order valence-corrected chi connectivity index (χ1v) is 9.00. The molecular formula is C20H26N4. The third-order valence-corrected chi connectivity index (χ3v) is 5.75. The van der Waals surface area contributed by atoms with Gasteiger partial charge in [0.25, 0.3) is 0 Å². The summed E-state index contributed by atoms with van der Waals surface area (Å²) >= 11 is 0. The molecule has 2 saturated carbocycles. The summed E-state index contributed by atoms with van der Waals surface area (Å²) in [6.07, 6.45) is 8.04. The second kappa shape index (κ2) is 6.52. The van der Waals surface area contributed by atoms with Crippen molar-refractivity contribution in [1.82, 2.24) is 15.3 Å². The van der Waals surface area contributed by atoms with Crippen molar-refractivity contribution in [2.24, 2.45) is 11.8 Å². The number of aromatic nitrogens is 2. The van der Waals surface area contributed by atoms with Crippen molar-refractivity contribution in [3.05, 3.63) is 53.9 Å². The molecule has 1 aromatic heterocycles. The number of anilines is 1. The summed E-state index contributed by atoms with van der Waals surface area (Å²) < 4.78 is 0. The van der Waals surface area contributed by atoms with Gasteiger partial charge in [0.1, 0.15) is 0 Å². The van der Waals surface area contributed by atoms with Gasteiger partial charge in [-0.1, -0.05) is 36.8 Å². The molecule has 2 fully saturated rings. The van der Waals surface area contributed by atoms with Crippen molar-refractivity contribution >= 4 is 5.95 Å². The van der Waals surface area contributed by atoms with Gasteiger partial charge in [-0.2, -0.15) is 0 Å². The fraction of sp³-hybridized carbons (Fsp3) is 0.500. The standard InChI is InChI=1S/C20H26N4/c1-24(2)20-22-12-14(13-23-20)11-21-19-17-10-6-9-16(17)18(19)15-7-4-3-5-8-15/h3-5,7-8,12-13,16-19,21H,6,9-11H2,1-2H3/t16-,17-,18+,19+/m0/s1. The number of hydrogen-bond acceptors (Lipinski definition) is 4. The Hall–Kier alpha value is -1.94. The van der Waals surface area contributed by atoms with E-state index in [0.717, 1.165) is 29.9 Å². The van der Waals surface area contributed by atoms with Crippen LogP contribution in [0.15, 0.2) is 42.7 Å². The Kier molecular flexibility index (Phi) is 4.23. The number of hydrogen-bond donors (Lipinski definition) is 1. The molecule has 1 aromatic carbocycles. The highest BCUT2D eigenvalue weighted by Crippen LogP contribution is 2.55. The summed E-state index contributed by atoms with van der Waals surface area (Å²) in [7, 11) is 3.93. The molecule has 0 saturated heterocycles. The molecule has 4 atom stereocenters. The first kappa shape index (κ1) is 15.6. The van der Waals surface area contributed by atoms with Crippen molar-refractivity contribution in [2.45, 2.75) is 37.8 Å². The number of fused-ring (bicyclic) bond motifs is 1. The molecule has 2 aliphatic carbocycles. The Morgan fingerprint density at radius 1 is 1.04 bits per heavy atom. The largest absolute Gasteiger partial charge is 0.347 e. The van der Waals surface area contributed by atoms with Gasteiger partial charge in [0.15, 0.2) is 0 Å². The highest BCUT2D eigenvalue weighted by Gasteiger charge is 2.52. The lowest BCUT2D eigenvalue weighted by Crippen LogP contribution is -2.54. The van der Waals surface area contributed by atoms with E-state index in [0.29, 0.717) is 12.0 Å². The van der Waals surface area contributed by atoms with Gasteiger partial charge in [-0.3, -0.25) is 0 Å². The van der Waals surface area contributed by atoms with Crippen LogP contribution in [0.3, 0.4) is 0 Å². The Bertz CT molecular complexity index is 668. The Morgan fingerprint density at radius 2 is 1.75 bits per heavy atom. The first-order chi connectivity index (χ1) is 11.7. The predicted molar refractivity (Wildman–Crippen MR) is 97.0 cm³/mol. The maximum atomic E-state index is 4.42. The summed E-state index contributed by atoms with van der Waals surface area (Å²) in [5.41, 5.74) is 2.66. The van der Waals surface area contributed by atoms with Crippen LogP contribution in [0, 0.1) is 11.8 Å². The average Bonchev–Trinajstić information content (AvgIpc) is 3.00. The van der Waals surface area contributed by atoms with Crippen LogP contribution >= 0.6 is 0 Å². The molecule has 0 bridgehead atoms. The van der Waals surface area contributed by atoms with Gasteiger partial charge in [-0.05, 0) is 30.2 Å². The van der Waals surface area contributed by atoms with Gasteiger partial charge in [0, 0.05) is 50.6 Å². The van der Waals surface area contributed by atoms with Crippen molar-refractivity contribution in [3.63, 3.8) is 0 Å². The Balaban J connectivity index is 1.44. The molecule has 0 amide bonds. The summed E-state index contributed by atoms with van der Waals surface area (Å²) in [5.74, 6) is 3.15. The minimum Gasteiger partial charge on any atom is -0.347 e. The van der Waals surface area contributed by atoms with E-state index in [1.807, 2.05) is 31.4 Å². The zero-order valence-corrected chi connectivity index (χ0v) is 14.5. The molecular weight excluding hydrogens is 296 g/mol. The van der Waals surface area contributed by atoms with Crippen LogP contribution in [0.4, 0.5) is 5.95 Å². The number of benzene rings is 1. The van der Waals surface area contributed by atoms with Crippen molar-refractivity contribution in [3.8, 4) is 0 Å². The van der Waals surface area contributed by atoms with E-state index >= 15 is 0 Å². The maximum absolute atomic E-state index is 4.42. The van der Waals surface area contributed by atoms with Gasteiger partial charge in [-0.15, -0.1) is 0 Å². The van der Waals surface area contributed by atoms with Gasteiger partial charge in [0.05, 0.1) is 0 Å². The van der Waals surface area contributed by atoms with E-state index < -0.39 is 0 Å². The van der Waals surface area contributed by atoms with E-state index in [1.54, 1.807) is 0 Å². The zero-order valence-electron chi connectivity index (χ0n) is 14.5. The first-order valence-electron chi connectivity index (χ1n) is 9.00. The third kappa shape index (κ3) is 2.80. The average molecular weight is 322 g/mol. The molecule has 0 spiro atoms. The fourth-order valence-corrected chi connectivity index (χ4v) is 4.61. The molecule has 1 N–H and O–H groups in total. The fourth-order valence-electron chi connectivity index (χ4n) is 4.61. The SMILES string of the molecule is CN(C)c1ncc(CN[C@@H]2[C@H]3CCC[C@@H]3[C@H]2c2ccccc2)cn1. The molecule has 1 heterocycles. The van der Waals surface area contributed by atoms with Crippen LogP contribution in [0.1, 0.15) is 36.3 Å². The molecule has 2 aliphatic rings. The molecule has 0 aliphatic heterocycles. The molecule has 2 aromatic rings. The van der Waals surface area contributed by atoms with E-state index in [2.05, 4.69) is 45.6 Å². The molecule has 24 heavy (non-hydrogen) atoms. The van der Waals surface area contributed by atoms with Gasteiger partial charge < -0.3 is 10.2 Å². The van der Waals surface area contributed by atoms with Crippen LogP contribution in [0.5, 0.6) is 0 Å². The molecule has 0 radical (unpaired) electrons. The van der Waals surface area contributed by atoms with Crippen LogP contribution in [-0.2, 0) is 6.54 Å². The third-order valence-electron chi connectivity index (χ3n) is 5.75. The number of nitrogens with one attached hydrogen (secondary N) is 1. The maximum Gasteiger partial charge on any atom is 0.224 e. The van der Waals surface area contributed by atoms with Gasteiger partial charge in [-0.25, -0.2) is 9.97 Å². The Labute approximate surface area is 144 Å². The summed E-state index contributed by atoms with van der Waals surface area (Å²) in [6, 6.07) is 11.6. The molecule has 4 heteroatoms. The van der Waals surface area contributed by atoms with Gasteiger partial charge in [0.2, 0.25) is 5.95 Å². The lowest BCUT2D eigenvalue weighted by molar-refractivity contribution is 0.0940. The highest BCUT2D eigenvalue weighted by atomic mass is 15.2. The highest BCUT2D eigenvalue weighted by molar-refractivity contribution is 5.29. The van der Waals surface area contributed by atoms with E-state index in [-0.39, 0.29) is 0 Å². The lowest BCUT2D eigenvalue weighted by atomic mass is 9.60. The van der Waals surface area contributed by atoms with Crippen LogP contribution in [0.2, 0.25) is 0 Å². The molecule has 126 valence electrons. The summed E-state index contributed by atoms with van der Waals surface area (Å²) in [6.45, 7) is 0.852. The van der Waals surface area contributed by atoms with E-state index in [9.17, 15) is 0 Å². The minimum atomic E-state index is 0.591. The number of rotatable bonds is 5. The Morgan fingerprint density at radius 3 is 2.46 bits per heavy atom. The summed E-state index contributed by atoms with van der Waals surface area (Å²) in [5, 5.41) is 3.81. The van der Waals surface area contributed by atoms with Crippen LogP contribution < -0.4 is 10.2 Å². The molecule has 4 nitrogen and oxygen atoms in total. The molecule has 4 rings (SSSR count). The van der Waals surface area contributed by atoms with Crippen LogP contribution in [-0.4, -0.2) is 30.1 Å². The molecule has 0 unspecified atom stereocenters. The van der Waals surface area contributed by atoms with E-state index in [4.69, 9.17) is 0 Å². The monoisotopic (exact) mass is 322 g/mol. The minimum absolute atomic E-state index is 0.591. The van der Waals surface area contributed by atoms with Gasteiger partial charge >= 0.3 is 0 Å². The van der Waals surface area contributed by atoms with Crippen molar-refractivity contribution in [1.29, 1.82) is 0 Å². The topological polar surface area (TPSA) is 41.1 Å². The second-order valence-corrected chi connectivity index (χ2v) is 7.39. The quantitative estimate of drug-likeness (QED) is 0.918. The van der Waals surface area contributed by atoms with Crippen molar-refractivity contribution < 1.29 is 0 Å². The zero-order chi connectivity index (χ0) is 16.5. The lowest BCUT2D eigenvalue weighted by Gasteiger charge is -2.50. The van der Waals surface area contributed by atoms with E-state index in [1.165, 1.54) is 24.8 Å².